The molecular weight excluding hydrogens is 1140 g/mol. The van der Waals surface area contributed by atoms with Gasteiger partial charge in [0, 0.05) is 108 Å². The van der Waals surface area contributed by atoms with E-state index >= 15 is 0 Å². The maximum absolute atomic E-state index is 14.8. The Balaban J connectivity index is 1.02. The number of fused-ring (bicyclic) bond motifs is 3. The Hall–Kier alpha value is -6.57. The molecule has 2 bridgehead atoms. The van der Waals surface area contributed by atoms with Gasteiger partial charge in [-0.3, -0.25) is 24.1 Å². The topological polar surface area (TPSA) is 238 Å². The Bertz CT molecular complexity index is 3110. The fraction of sp³-hybridized carbons (Fsp3) is 0.614. The van der Waals surface area contributed by atoms with Crippen molar-refractivity contribution in [1.82, 2.24) is 34.8 Å². The molecule has 6 heterocycles. The summed E-state index contributed by atoms with van der Waals surface area (Å²) in [5.74, 6) is -4.82. The number of benzene rings is 1. The number of carbonyl (C=O) groups is 5. The van der Waals surface area contributed by atoms with Crippen LogP contribution >= 0.6 is 0 Å². The molecule has 2 N–H and O–H groups in total. The Labute approximate surface area is 531 Å². The fourth-order valence-electron chi connectivity index (χ4n) is 13.8. The molecule has 4 fully saturated rings. The van der Waals surface area contributed by atoms with E-state index in [1.54, 1.807) is 47.3 Å². The number of Topliss-reactive ketones (excluding diaryl/α,β-unsaturated/α-hetero) is 3. The van der Waals surface area contributed by atoms with Crippen LogP contribution in [0.5, 0.6) is 0 Å². The fourth-order valence-corrected chi connectivity index (χ4v) is 13.8. The Morgan fingerprint density at radius 2 is 1.57 bits per heavy atom. The van der Waals surface area contributed by atoms with Gasteiger partial charge in [0.15, 0.2) is 5.78 Å². The number of ether oxygens (including phenoxy) is 5. The van der Waals surface area contributed by atoms with Gasteiger partial charge in [-0.15, -0.1) is 11.5 Å². The van der Waals surface area contributed by atoms with Gasteiger partial charge in [0.25, 0.3) is 11.7 Å². The van der Waals surface area contributed by atoms with Gasteiger partial charge in [-0.25, -0.2) is 19.4 Å². The van der Waals surface area contributed by atoms with Crippen molar-refractivity contribution >= 4 is 35.2 Å². The molecule has 0 radical (unpaired) electrons. The molecule has 20 nitrogen and oxygen atoms in total. The van der Waals surface area contributed by atoms with Gasteiger partial charge >= 0.3 is 5.97 Å². The number of aromatic nitrogens is 5. The number of rotatable bonds is 11. The zero-order valence-electron chi connectivity index (χ0n) is 54.4. The van der Waals surface area contributed by atoms with E-state index in [1.165, 1.54) is 12.0 Å². The minimum Gasteiger partial charge on any atom is -0.460 e. The molecule has 488 valence electrons. The normalized spacial score (nSPS) is 33.6. The van der Waals surface area contributed by atoms with Crippen LogP contribution < -0.4 is 4.90 Å². The molecule has 20 heteroatoms. The molecule has 0 spiro atoms. The molecule has 5 aliphatic rings. The first-order chi connectivity index (χ1) is 43.2. The number of nitrogens with zero attached hydrogens (tertiary/aromatic N) is 8. The second kappa shape index (κ2) is 32.1. The zero-order valence-corrected chi connectivity index (χ0v) is 54.4. The highest BCUT2D eigenvalue weighted by molar-refractivity contribution is 6.39. The van der Waals surface area contributed by atoms with E-state index in [0.717, 1.165) is 60.6 Å². The van der Waals surface area contributed by atoms with Gasteiger partial charge in [0.1, 0.15) is 30.1 Å². The summed E-state index contributed by atoms with van der Waals surface area (Å²) >= 11 is 0. The van der Waals surface area contributed by atoms with Crippen molar-refractivity contribution in [2.45, 2.75) is 180 Å². The second-order valence-electron chi connectivity index (χ2n) is 26.0. The largest absolute Gasteiger partial charge is 0.460 e. The standard InChI is InChI=1S/C70H96N8O12/c1-12-28-75-30-32-76(33-31-75)69-71-41-54(42-72-69)52-21-18-22-53(38-52)58-43-73-74-78(58)56-27-25-51(37-62(56)87-10)36-47(5)61-40-59(79)46(4)35-49(7)64(81)65(88-11)63(80)48(6)34-44(2)19-14-13-15-20-45(3)60(86-9)39-55-26-24-50(8)70(85,90-55)66(82)67(83)77-29-17-16-23-57(77)68(84)89-61/h1,13-15,18-22,35,38,41-44,46-48,50-51,55-57,60-62,64-65,81,85H,16-17,23-34,36-37,39-40H2,2-11H3/b15-13+,19-14+,45-20+,49-35+/t44-,46-,47-,48-,50-,51+,55+,56+,57+,60+,61+,62-,64-,65+,70-/m1/s1. The van der Waals surface area contributed by atoms with Gasteiger partial charge in [-0.05, 0) is 119 Å². The van der Waals surface area contributed by atoms with Crippen molar-refractivity contribution in [3.05, 3.63) is 90.5 Å². The average molecular weight is 1240 g/mol. The van der Waals surface area contributed by atoms with Crippen molar-refractivity contribution in [3.8, 4) is 34.7 Å². The van der Waals surface area contributed by atoms with E-state index in [2.05, 4.69) is 32.1 Å². The Morgan fingerprint density at radius 3 is 2.28 bits per heavy atom. The third-order valence-electron chi connectivity index (χ3n) is 19.5. The number of amides is 1. The number of methoxy groups -OCH3 is 3. The van der Waals surface area contributed by atoms with Crippen LogP contribution in [0.3, 0.4) is 0 Å². The molecule has 4 aliphatic heterocycles. The van der Waals surface area contributed by atoms with E-state index in [-0.39, 0.29) is 60.9 Å². The molecule has 1 aromatic carbocycles. The van der Waals surface area contributed by atoms with Gasteiger partial charge in [0.2, 0.25) is 11.7 Å². The van der Waals surface area contributed by atoms with Crippen molar-refractivity contribution in [1.29, 1.82) is 0 Å². The monoisotopic (exact) mass is 1240 g/mol. The molecule has 3 saturated heterocycles. The molecule has 90 heavy (non-hydrogen) atoms. The summed E-state index contributed by atoms with van der Waals surface area (Å²) in [7, 11) is 4.66. The number of hydrogen-bond acceptors (Lipinski definition) is 18. The molecule has 8 rings (SSSR count). The third-order valence-corrected chi connectivity index (χ3v) is 19.5. The maximum atomic E-state index is 14.8. The summed E-state index contributed by atoms with van der Waals surface area (Å²) in [4.78, 5) is 87.6. The number of aliphatic hydroxyl groups is 2. The van der Waals surface area contributed by atoms with Gasteiger partial charge in [-0.2, -0.15) is 0 Å². The highest BCUT2D eigenvalue weighted by atomic mass is 16.6. The predicted octanol–water partition coefficient (Wildman–Crippen LogP) is 8.53. The van der Waals surface area contributed by atoms with Crippen LogP contribution in [0.4, 0.5) is 5.95 Å². The maximum Gasteiger partial charge on any atom is 0.329 e. The molecule has 2 aromatic heterocycles. The lowest BCUT2D eigenvalue weighted by Gasteiger charge is -2.42. The van der Waals surface area contributed by atoms with Crippen molar-refractivity contribution < 1.29 is 57.9 Å². The first-order valence-electron chi connectivity index (χ1n) is 32.4. The molecule has 3 aromatic rings. The minimum absolute atomic E-state index is 0.000410. The van der Waals surface area contributed by atoms with E-state index in [0.29, 0.717) is 75.9 Å². The first-order valence-corrected chi connectivity index (χ1v) is 32.4. The van der Waals surface area contributed by atoms with Crippen LogP contribution in [0.2, 0.25) is 0 Å². The SMILES string of the molecule is C#CCN1CCN(c2ncc(-c3cccc(-c4cnnn4[C@H]4CC[C@@H](C[C@@H](C)[C@@H]5CC(=O)[C@H](C)/C=C(\C)[C@@H](O)[C@@H](OC)C(=O)[C@H](C)C[C@H](C)/C=C/C=C/C=C(\C)[C@@H](OC)C[C@@H]6CC[C@@H](C)[C@@](O)(O6)C(=O)C(=O)N6CCCC[C@H]6C(=O)O5)C[C@H]4OC)c3)cn2)CC1. The number of terminal acetylenes is 1. The zero-order chi connectivity index (χ0) is 64.8. The van der Waals surface area contributed by atoms with Crippen LogP contribution in [0.15, 0.2) is 90.5 Å². The third kappa shape index (κ3) is 16.9. The van der Waals surface area contributed by atoms with Crippen LogP contribution in [0, 0.1) is 47.9 Å². The summed E-state index contributed by atoms with van der Waals surface area (Å²) in [5, 5.41) is 32.9. The summed E-state index contributed by atoms with van der Waals surface area (Å²) in [5.41, 5.74) is 4.82. The molecule has 15 atom stereocenters. The van der Waals surface area contributed by atoms with Gasteiger partial charge in [0.05, 0.1) is 42.8 Å². The van der Waals surface area contributed by atoms with Gasteiger partial charge in [-0.1, -0.05) is 100 Å². The average Bonchev–Trinajstić information content (AvgIpc) is 1.25. The number of piperazine rings is 1. The lowest BCUT2D eigenvalue weighted by atomic mass is 9.77. The number of esters is 1. The number of hydrogen-bond donors (Lipinski definition) is 2. The van der Waals surface area contributed by atoms with Crippen LogP contribution in [-0.4, -0.2) is 183 Å². The number of piperidine rings is 1. The van der Waals surface area contributed by atoms with E-state index < -0.39 is 77.8 Å². The van der Waals surface area contributed by atoms with Gasteiger partial charge < -0.3 is 43.7 Å². The Kier molecular flexibility index (Phi) is 24.7. The Morgan fingerprint density at radius 1 is 0.822 bits per heavy atom. The lowest BCUT2D eigenvalue weighted by Crippen LogP contribution is -2.61. The summed E-state index contributed by atoms with van der Waals surface area (Å²) in [6.45, 7) is 16.8. The van der Waals surface area contributed by atoms with E-state index in [1.807, 2.05) is 93.3 Å². The number of ketones is 3. The molecule has 1 saturated carbocycles. The summed E-state index contributed by atoms with van der Waals surface area (Å²) in [6, 6.07) is 6.80. The molecule has 1 aliphatic carbocycles. The highest BCUT2D eigenvalue weighted by Gasteiger charge is 2.53. The second-order valence-corrected chi connectivity index (χ2v) is 26.0. The highest BCUT2D eigenvalue weighted by Crippen LogP contribution is 2.41. The smallest absolute Gasteiger partial charge is 0.329 e. The number of cyclic esters (lactones) is 1. The summed E-state index contributed by atoms with van der Waals surface area (Å²) < 4.78 is 32.5. The lowest BCUT2D eigenvalue weighted by molar-refractivity contribution is -0.265. The van der Waals surface area contributed by atoms with Crippen molar-refractivity contribution in [2.75, 3.05) is 65.5 Å². The number of carbonyl (C=O) groups excluding carboxylic acids is 5. The van der Waals surface area contributed by atoms with Crippen LogP contribution in [0.25, 0.3) is 22.4 Å². The van der Waals surface area contributed by atoms with Crippen molar-refractivity contribution in [3.63, 3.8) is 0 Å². The van der Waals surface area contributed by atoms with Crippen LogP contribution in [0.1, 0.15) is 132 Å². The minimum atomic E-state index is -2.46. The van der Waals surface area contributed by atoms with Crippen LogP contribution in [-0.2, 0) is 47.7 Å². The first kappa shape index (κ1) is 69.3. The predicted molar refractivity (Wildman–Crippen MR) is 342 cm³/mol. The van der Waals surface area contributed by atoms with E-state index in [4.69, 9.17) is 40.1 Å². The van der Waals surface area contributed by atoms with Crippen molar-refractivity contribution in [2.24, 2.45) is 35.5 Å². The molecule has 1 amide bonds. The number of allylic oxidation sites excluding steroid dienone is 6. The molecule has 0 unspecified atom stereocenters. The summed E-state index contributed by atoms with van der Waals surface area (Å²) in [6.07, 6.45) is 22.8. The number of anilines is 1. The van der Waals surface area contributed by atoms with E-state index in [9.17, 15) is 34.2 Å². The number of aliphatic hydroxyl groups excluding tert-OH is 1. The molecular formula is C70H96N8O12. The quantitative estimate of drug-likeness (QED) is 0.0791.